The first-order chi connectivity index (χ1) is 13.7. The van der Waals surface area contributed by atoms with Gasteiger partial charge in [-0.05, 0) is 42.7 Å². The highest BCUT2D eigenvalue weighted by Gasteiger charge is 2.36. The number of carbonyl (C=O) groups is 1. The minimum absolute atomic E-state index is 0.0341. The molecule has 1 aromatic heterocycles. The number of hydrogen-bond acceptors (Lipinski definition) is 5. The van der Waals surface area contributed by atoms with E-state index in [0.717, 1.165) is 19.0 Å². The van der Waals surface area contributed by atoms with Crippen molar-refractivity contribution in [3.05, 3.63) is 53.2 Å². The van der Waals surface area contributed by atoms with E-state index in [0.29, 0.717) is 24.7 Å². The van der Waals surface area contributed by atoms with E-state index in [4.69, 9.17) is 5.73 Å². The van der Waals surface area contributed by atoms with Crippen molar-refractivity contribution in [1.82, 2.24) is 10.3 Å². The Hall–Kier alpha value is -2.61. The third-order valence-corrected chi connectivity index (χ3v) is 5.01. The van der Waals surface area contributed by atoms with Gasteiger partial charge in [0, 0.05) is 43.1 Å². The molecule has 156 valence electrons. The smallest absolute Gasteiger partial charge is 0.383 e. The highest BCUT2D eigenvalue weighted by Crippen LogP contribution is 2.35. The van der Waals surface area contributed by atoms with Gasteiger partial charge >= 0.3 is 6.18 Å². The van der Waals surface area contributed by atoms with Crippen LogP contribution in [0.4, 0.5) is 24.7 Å². The van der Waals surface area contributed by atoms with Crippen molar-refractivity contribution < 1.29 is 18.0 Å². The SMILES string of the molecule is CC(C)C[C@H]1CN(c2ccc(C(F)(F)F)c(C(=O)c3cccnc3N)c2)CCN1. The number of pyridine rings is 1. The van der Waals surface area contributed by atoms with Crippen molar-refractivity contribution in [1.29, 1.82) is 0 Å². The molecule has 8 heteroatoms. The Morgan fingerprint density at radius 1 is 1.31 bits per heavy atom. The fourth-order valence-corrected chi connectivity index (χ4v) is 3.71. The molecule has 2 aromatic rings. The summed E-state index contributed by atoms with van der Waals surface area (Å²) in [6.07, 6.45) is -2.29. The molecular formula is C21H25F3N4O. The molecular weight excluding hydrogens is 381 g/mol. The molecule has 29 heavy (non-hydrogen) atoms. The van der Waals surface area contributed by atoms with Crippen LogP contribution in [0, 0.1) is 5.92 Å². The van der Waals surface area contributed by atoms with Crippen molar-refractivity contribution in [2.75, 3.05) is 30.3 Å². The van der Waals surface area contributed by atoms with Crippen LogP contribution in [0.5, 0.6) is 0 Å². The summed E-state index contributed by atoms with van der Waals surface area (Å²) in [5, 5.41) is 3.44. The molecule has 1 saturated heterocycles. The van der Waals surface area contributed by atoms with Crippen LogP contribution in [-0.2, 0) is 6.18 Å². The minimum Gasteiger partial charge on any atom is -0.383 e. The number of nitrogen functional groups attached to an aromatic ring is 1. The molecule has 3 N–H and O–H groups in total. The number of nitrogens with one attached hydrogen (secondary N) is 1. The van der Waals surface area contributed by atoms with Gasteiger partial charge < -0.3 is 16.0 Å². The molecule has 0 bridgehead atoms. The first-order valence-electron chi connectivity index (χ1n) is 9.61. The molecule has 5 nitrogen and oxygen atoms in total. The zero-order valence-electron chi connectivity index (χ0n) is 16.5. The zero-order valence-corrected chi connectivity index (χ0v) is 16.5. The number of ketones is 1. The summed E-state index contributed by atoms with van der Waals surface area (Å²) in [5.74, 6) is -0.361. The highest BCUT2D eigenvalue weighted by atomic mass is 19.4. The zero-order chi connectivity index (χ0) is 21.2. The van der Waals surface area contributed by atoms with Crippen molar-refractivity contribution >= 4 is 17.3 Å². The normalized spacial score (nSPS) is 17.6. The van der Waals surface area contributed by atoms with Gasteiger partial charge in [-0.25, -0.2) is 4.98 Å². The Labute approximate surface area is 168 Å². The van der Waals surface area contributed by atoms with Crippen LogP contribution in [-0.4, -0.2) is 36.4 Å². The second-order valence-electron chi connectivity index (χ2n) is 7.72. The lowest BCUT2D eigenvalue weighted by Gasteiger charge is -2.36. The van der Waals surface area contributed by atoms with Crippen molar-refractivity contribution in [2.24, 2.45) is 5.92 Å². The first kappa shape index (κ1) is 21.1. The number of piperazine rings is 1. The molecule has 1 atom stereocenters. The number of benzene rings is 1. The third kappa shape index (κ3) is 4.87. The van der Waals surface area contributed by atoms with Crippen LogP contribution in [0.2, 0.25) is 0 Å². The molecule has 1 aromatic carbocycles. The lowest BCUT2D eigenvalue weighted by Crippen LogP contribution is -2.51. The van der Waals surface area contributed by atoms with E-state index >= 15 is 0 Å². The number of rotatable bonds is 5. The van der Waals surface area contributed by atoms with Gasteiger partial charge in [-0.3, -0.25) is 4.79 Å². The minimum atomic E-state index is -4.65. The van der Waals surface area contributed by atoms with Crippen molar-refractivity contribution in [3.8, 4) is 0 Å². The molecule has 0 saturated carbocycles. The second kappa shape index (κ2) is 8.41. The summed E-state index contributed by atoms with van der Waals surface area (Å²) < 4.78 is 40.7. The van der Waals surface area contributed by atoms with Gasteiger partial charge in [0.05, 0.1) is 11.1 Å². The topological polar surface area (TPSA) is 71.2 Å². The molecule has 0 amide bonds. The number of anilines is 2. The molecule has 0 spiro atoms. The predicted molar refractivity (Wildman–Crippen MR) is 107 cm³/mol. The fourth-order valence-electron chi connectivity index (χ4n) is 3.71. The van der Waals surface area contributed by atoms with Gasteiger partial charge in [-0.15, -0.1) is 0 Å². The molecule has 2 heterocycles. The van der Waals surface area contributed by atoms with E-state index in [1.807, 2.05) is 4.90 Å². The second-order valence-corrected chi connectivity index (χ2v) is 7.72. The largest absolute Gasteiger partial charge is 0.417 e. The number of carbonyl (C=O) groups excluding carboxylic acids is 1. The summed E-state index contributed by atoms with van der Waals surface area (Å²) in [4.78, 5) is 18.8. The maximum absolute atomic E-state index is 13.6. The van der Waals surface area contributed by atoms with Crippen molar-refractivity contribution in [2.45, 2.75) is 32.5 Å². The summed E-state index contributed by atoms with van der Waals surface area (Å²) in [6, 6.07) is 6.86. The molecule has 1 fully saturated rings. The summed E-state index contributed by atoms with van der Waals surface area (Å²) in [5.41, 5.74) is 4.92. The third-order valence-electron chi connectivity index (χ3n) is 5.01. The number of nitrogens with two attached hydrogens (primary N) is 1. The van der Waals surface area contributed by atoms with Crippen LogP contribution < -0.4 is 16.0 Å². The Bertz CT molecular complexity index is 882. The van der Waals surface area contributed by atoms with Gasteiger partial charge in [-0.1, -0.05) is 13.8 Å². The van der Waals surface area contributed by atoms with Gasteiger partial charge in [0.25, 0.3) is 0 Å². The van der Waals surface area contributed by atoms with Gasteiger partial charge in [0.15, 0.2) is 5.78 Å². The van der Waals surface area contributed by atoms with E-state index in [-0.39, 0.29) is 17.4 Å². The summed E-state index contributed by atoms with van der Waals surface area (Å²) in [7, 11) is 0. The summed E-state index contributed by atoms with van der Waals surface area (Å²) >= 11 is 0. The quantitative estimate of drug-likeness (QED) is 0.741. The Balaban J connectivity index is 1.98. The summed E-state index contributed by atoms with van der Waals surface area (Å²) in [6.45, 7) is 6.33. The maximum atomic E-state index is 13.6. The van der Waals surface area contributed by atoms with E-state index < -0.39 is 23.1 Å². The lowest BCUT2D eigenvalue weighted by atomic mass is 9.96. The van der Waals surface area contributed by atoms with Crippen LogP contribution >= 0.6 is 0 Å². The first-order valence-corrected chi connectivity index (χ1v) is 9.61. The van der Waals surface area contributed by atoms with E-state index in [2.05, 4.69) is 24.1 Å². The van der Waals surface area contributed by atoms with Crippen LogP contribution in [0.3, 0.4) is 0 Å². The Kier molecular flexibility index (Phi) is 6.12. The van der Waals surface area contributed by atoms with Gasteiger partial charge in [0.2, 0.25) is 0 Å². The van der Waals surface area contributed by atoms with Gasteiger partial charge in [-0.2, -0.15) is 13.2 Å². The average molecular weight is 406 g/mol. The Morgan fingerprint density at radius 2 is 2.07 bits per heavy atom. The molecule has 3 rings (SSSR count). The number of nitrogens with zero attached hydrogens (tertiary/aromatic N) is 2. The maximum Gasteiger partial charge on any atom is 0.417 e. The van der Waals surface area contributed by atoms with E-state index in [1.165, 1.54) is 30.5 Å². The molecule has 0 aliphatic carbocycles. The van der Waals surface area contributed by atoms with E-state index in [1.54, 1.807) is 0 Å². The van der Waals surface area contributed by atoms with Crippen LogP contribution in [0.1, 0.15) is 41.8 Å². The van der Waals surface area contributed by atoms with Crippen LogP contribution in [0.15, 0.2) is 36.5 Å². The number of aromatic nitrogens is 1. The predicted octanol–water partition coefficient (Wildman–Crippen LogP) is 3.74. The monoisotopic (exact) mass is 406 g/mol. The Morgan fingerprint density at radius 3 is 2.72 bits per heavy atom. The molecule has 0 unspecified atom stereocenters. The standard InChI is InChI=1S/C21H25F3N4O/c1-13(2)10-14-12-28(9-8-26-14)15-5-6-18(21(22,23)24)17(11-15)19(29)16-4-3-7-27-20(16)25/h3-7,11,13-14,26H,8-10,12H2,1-2H3,(H2,25,27)/t14-/m0/s1. The van der Waals surface area contributed by atoms with Crippen LogP contribution in [0.25, 0.3) is 0 Å². The molecule has 1 aliphatic heterocycles. The van der Waals surface area contributed by atoms with Crippen molar-refractivity contribution in [3.63, 3.8) is 0 Å². The lowest BCUT2D eigenvalue weighted by molar-refractivity contribution is -0.137. The fraction of sp³-hybridized carbons (Fsp3) is 0.429. The van der Waals surface area contributed by atoms with Gasteiger partial charge in [0.1, 0.15) is 5.82 Å². The highest BCUT2D eigenvalue weighted by molar-refractivity contribution is 6.13. The molecule has 0 radical (unpaired) electrons. The average Bonchev–Trinajstić information content (AvgIpc) is 2.66. The number of hydrogen-bond donors (Lipinski definition) is 2. The number of alkyl halides is 3. The molecule has 1 aliphatic rings. The van der Waals surface area contributed by atoms with E-state index in [9.17, 15) is 18.0 Å². The number of halogens is 3.